The smallest absolute Gasteiger partial charge is 0.272 e. The molecule has 2 rings (SSSR count). The lowest BCUT2D eigenvalue weighted by atomic mass is 10.2. The van der Waals surface area contributed by atoms with Crippen molar-refractivity contribution in [1.29, 1.82) is 0 Å². The van der Waals surface area contributed by atoms with Crippen molar-refractivity contribution < 1.29 is 18.4 Å². The molecule has 0 spiro atoms. The van der Waals surface area contributed by atoms with E-state index in [9.17, 15) is 18.4 Å². The van der Waals surface area contributed by atoms with E-state index in [0.29, 0.717) is 4.90 Å². The molecule has 0 unspecified atom stereocenters. The SMILES string of the molecule is O=C(CSc1ccccc1F)NNC(=O)c1ccc(Cl)cc1F. The highest BCUT2D eigenvalue weighted by atomic mass is 35.5. The van der Waals surface area contributed by atoms with E-state index in [-0.39, 0.29) is 16.3 Å². The maximum Gasteiger partial charge on any atom is 0.272 e. The molecule has 0 aliphatic rings. The Kier molecular flexibility index (Phi) is 5.95. The van der Waals surface area contributed by atoms with Crippen LogP contribution in [0.5, 0.6) is 0 Å². The van der Waals surface area contributed by atoms with Gasteiger partial charge >= 0.3 is 0 Å². The van der Waals surface area contributed by atoms with Gasteiger partial charge in [-0.3, -0.25) is 20.4 Å². The molecule has 0 saturated carbocycles. The number of carbonyl (C=O) groups is 2. The first-order chi connectivity index (χ1) is 11.0. The number of benzene rings is 2. The van der Waals surface area contributed by atoms with Crippen molar-refractivity contribution in [2.75, 3.05) is 5.75 Å². The van der Waals surface area contributed by atoms with Crippen LogP contribution in [0.2, 0.25) is 5.02 Å². The van der Waals surface area contributed by atoms with Gasteiger partial charge < -0.3 is 0 Å². The Labute approximate surface area is 140 Å². The number of carbonyl (C=O) groups excluding carboxylic acids is 2. The summed E-state index contributed by atoms with van der Waals surface area (Å²) in [5.41, 5.74) is 3.96. The summed E-state index contributed by atoms with van der Waals surface area (Å²) in [7, 11) is 0. The number of halogens is 3. The van der Waals surface area contributed by atoms with Gasteiger partial charge in [0.15, 0.2) is 0 Å². The van der Waals surface area contributed by atoms with Gasteiger partial charge in [0.1, 0.15) is 11.6 Å². The predicted octanol–water partition coefficient (Wildman–Crippen LogP) is 3.17. The second-order valence-electron chi connectivity index (χ2n) is 4.35. The summed E-state index contributed by atoms with van der Waals surface area (Å²) in [6, 6.07) is 9.56. The number of hydrogen-bond donors (Lipinski definition) is 2. The van der Waals surface area contributed by atoms with Crippen LogP contribution < -0.4 is 10.9 Å². The molecule has 2 aromatic carbocycles. The number of amides is 2. The molecule has 0 aromatic heterocycles. The lowest BCUT2D eigenvalue weighted by Gasteiger charge is -2.08. The minimum atomic E-state index is -0.816. The lowest BCUT2D eigenvalue weighted by Crippen LogP contribution is -2.42. The molecule has 2 N–H and O–H groups in total. The third-order valence-electron chi connectivity index (χ3n) is 2.69. The van der Waals surface area contributed by atoms with Gasteiger partial charge in [-0.05, 0) is 30.3 Å². The molecule has 23 heavy (non-hydrogen) atoms. The maximum absolute atomic E-state index is 13.5. The number of thioether (sulfide) groups is 1. The monoisotopic (exact) mass is 356 g/mol. The Morgan fingerprint density at radius 2 is 1.78 bits per heavy atom. The number of hydrogen-bond acceptors (Lipinski definition) is 3. The van der Waals surface area contributed by atoms with Crippen LogP contribution in [0, 0.1) is 11.6 Å². The highest BCUT2D eigenvalue weighted by Gasteiger charge is 2.13. The molecule has 4 nitrogen and oxygen atoms in total. The zero-order chi connectivity index (χ0) is 16.8. The minimum absolute atomic E-state index is 0.107. The van der Waals surface area contributed by atoms with Crippen molar-refractivity contribution in [1.82, 2.24) is 10.9 Å². The van der Waals surface area contributed by atoms with E-state index in [2.05, 4.69) is 10.9 Å². The van der Waals surface area contributed by atoms with E-state index in [4.69, 9.17) is 11.6 Å². The largest absolute Gasteiger partial charge is 0.272 e. The van der Waals surface area contributed by atoms with Crippen molar-refractivity contribution in [3.63, 3.8) is 0 Å². The Morgan fingerprint density at radius 1 is 1.04 bits per heavy atom. The standard InChI is InChI=1S/C15H11ClF2N2O2S/c16-9-5-6-10(12(18)7-9)15(22)20-19-14(21)8-23-13-4-2-1-3-11(13)17/h1-7H,8H2,(H,19,21)(H,20,22). The number of nitrogens with one attached hydrogen (secondary N) is 2. The fourth-order valence-corrected chi connectivity index (χ4v) is 2.51. The summed E-state index contributed by atoms with van der Waals surface area (Å²) in [6.45, 7) is 0. The van der Waals surface area contributed by atoms with Gasteiger partial charge in [0, 0.05) is 9.92 Å². The molecule has 0 aliphatic carbocycles. The van der Waals surface area contributed by atoms with Crippen molar-refractivity contribution in [2.24, 2.45) is 0 Å². The predicted molar refractivity (Wildman–Crippen MR) is 84.1 cm³/mol. The van der Waals surface area contributed by atoms with Crippen molar-refractivity contribution in [3.05, 3.63) is 64.7 Å². The van der Waals surface area contributed by atoms with Crippen LogP contribution in [0.15, 0.2) is 47.4 Å². The summed E-state index contributed by atoms with van der Waals surface area (Å²) in [5, 5.41) is 0.157. The van der Waals surface area contributed by atoms with Gasteiger partial charge in [0.25, 0.3) is 5.91 Å². The molecule has 0 atom stereocenters. The quantitative estimate of drug-likeness (QED) is 0.653. The Bertz CT molecular complexity index is 743. The second-order valence-corrected chi connectivity index (χ2v) is 5.80. The van der Waals surface area contributed by atoms with Gasteiger partial charge in [-0.15, -0.1) is 11.8 Å². The minimum Gasteiger partial charge on any atom is -0.272 e. The van der Waals surface area contributed by atoms with E-state index < -0.39 is 23.4 Å². The molecule has 2 aromatic rings. The molecule has 0 fully saturated rings. The van der Waals surface area contributed by atoms with Crippen LogP contribution in [-0.4, -0.2) is 17.6 Å². The molecule has 2 amide bonds. The fraction of sp³-hybridized carbons (Fsp3) is 0.0667. The average Bonchev–Trinajstić information content (AvgIpc) is 2.52. The van der Waals surface area contributed by atoms with Gasteiger partial charge in [-0.25, -0.2) is 8.78 Å². The zero-order valence-corrected chi connectivity index (χ0v) is 13.2. The summed E-state index contributed by atoms with van der Waals surface area (Å²) >= 11 is 6.56. The average molecular weight is 357 g/mol. The van der Waals surface area contributed by atoms with Crippen LogP contribution in [0.1, 0.15) is 10.4 Å². The van der Waals surface area contributed by atoms with E-state index in [1.165, 1.54) is 24.3 Å². The first kappa shape index (κ1) is 17.2. The highest BCUT2D eigenvalue weighted by Crippen LogP contribution is 2.20. The molecule has 0 saturated heterocycles. The van der Waals surface area contributed by atoms with Crippen molar-refractivity contribution >= 4 is 35.2 Å². The summed E-state index contributed by atoms with van der Waals surface area (Å²) in [6.07, 6.45) is 0. The Hall–Kier alpha value is -2.12. The van der Waals surface area contributed by atoms with Crippen molar-refractivity contribution in [2.45, 2.75) is 4.90 Å². The summed E-state index contributed by atoms with van der Waals surface area (Å²) < 4.78 is 26.9. The summed E-state index contributed by atoms with van der Waals surface area (Å²) in [4.78, 5) is 23.7. The molecule has 120 valence electrons. The van der Waals surface area contributed by atoms with E-state index >= 15 is 0 Å². The topological polar surface area (TPSA) is 58.2 Å². The molecule has 0 bridgehead atoms. The van der Waals surface area contributed by atoms with Crippen LogP contribution in [0.25, 0.3) is 0 Å². The highest BCUT2D eigenvalue weighted by molar-refractivity contribution is 8.00. The van der Waals surface area contributed by atoms with Crippen LogP contribution >= 0.6 is 23.4 Å². The first-order valence-electron chi connectivity index (χ1n) is 6.39. The molecular weight excluding hydrogens is 346 g/mol. The summed E-state index contributed by atoms with van der Waals surface area (Å²) in [5.74, 6) is -2.71. The number of hydrazine groups is 1. The number of rotatable bonds is 4. The molecule has 0 heterocycles. The van der Waals surface area contributed by atoms with Gasteiger partial charge in [-0.1, -0.05) is 23.7 Å². The molecular formula is C15H11ClF2N2O2S. The third kappa shape index (κ3) is 4.94. The van der Waals surface area contributed by atoms with Crippen molar-refractivity contribution in [3.8, 4) is 0 Å². The van der Waals surface area contributed by atoms with E-state index in [1.807, 2.05) is 0 Å². The van der Waals surface area contributed by atoms with Crippen LogP contribution in [-0.2, 0) is 4.79 Å². The van der Waals surface area contributed by atoms with Gasteiger partial charge in [0.05, 0.1) is 11.3 Å². The maximum atomic E-state index is 13.5. The molecule has 0 aliphatic heterocycles. The zero-order valence-electron chi connectivity index (χ0n) is 11.6. The second kappa shape index (κ2) is 7.94. The fourth-order valence-electron chi connectivity index (χ4n) is 1.61. The van der Waals surface area contributed by atoms with Gasteiger partial charge in [-0.2, -0.15) is 0 Å². The van der Waals surface area contributed by atoms with E-state index in [1.54, 1.807) is 12.1 Å². The first-order valence-corrected chi connectivity index (χ1v) is 7.75. The Morgan fingerprint density at radius 3 is 2.48 bits per heavy atom. The molecule has 8 heteroatoms. The van der Waals surface area contributed by atoms with Gasteiger partial charge in [0.2, 0.25) is 5.91 Å². The normalized spacial score (nSPS) is 10.2. The van der Waals surface area contributed by atoms with Crippen LogP contribution in [0.4, 0.5) is 8.78 Å². The Balaban J connectivity index is 1.84. The van der Waals surface area contributed by atoms with E-state index in [0.717, 1.165) is 17.8 Å². The molecule has 0 radical (unpaired) electrons. The van der Waals surface area contributed by atoms with Crippen LogP contribution in [0.3, 0.4) is 0 Å². The third-order valence-corrected chi connectivity index (χ3v) is 3.97. The lowest BCUT2D eigenvalue weighted by molar-refractivity contribution is -0.119.